The summed E-state index contributed by atoms with van der Waals surface area (Å²) >= 11 is 1.42. The molecule has 1 N–H and O–H groups in total. The van der Waals surface area contributed by atoms with Gasteiger partial charge in [-0.3, -0.25) is 14.4 Å². The molecule has 8 heteroatoms. The summed E-state index contributed by atoms with van der Waals surface area (Å²) in [4.78, 5) is 17.4. The van der Waals surface area contributed by atoms with Gasteiger partial charge in [0, 0.05) is 12.1 Å². The van der Waals surface area contributed by atoms with Gasteiger partial charge in [-0.05, 0) is 65.9 Å². The lowest BCUT2D eigenvalue weighted by Crippen LogP contribution is -2.29. The number of aromatic nitrogens is 1. The fourth-order valence-corrected chi connectivity index (χ4v) is 6.40. The van der Waals surface area contributed by atoms with Crippen LogP contribution in [0.4, 0.5) is 10.8 Å². The summed E-state index contributed by atoms with van der Waals surface area (Å²) in [5, 5.41) is 3.35. The van der Waals surface area contributed by atoms with Crippen LogP contribution in [0, 0.1) is 0 Å². The van der Waals surface area contributed by atoms with E-state index in [0.717, 1.165) is 21.5 Å². The fraction of sp³-hybridized carbons (Fsp3) is 0.200. The number of rotatable bonds is 5. The van der Waals surface area contributed by atoms with Gasteiger partial charge in [-0.1, -0.05) is 49.4 Å². The molecule has 0 saturated carbocycles. The molecule has 0 fully saturated rings. The normalized spacial score (nSPS) is 13.5. The van der Waals surface area contributed by atoms with E-state index in [1.807, 2.05) is 30.3 Å². The van der Waals surface area contributed by atoms with Crippen LogP contribution in [0.5, 0.6) is 0 Å². The molecule has 33 heavy (non-hydrogen) atoms. The molecule has 168 valence electrons. The minimum atomic E-state index is -3.69. The number of anilines is 2. The topological polar surface area (TPSA) is 79.4 Å². The van der Waals surface area contributed by atoms with Crippen molar-refractivity contribution in [2.24, 2.45) is 0 Å². The monoisotopic (exact) mass is 477 g/mol. The van der Waals surface area contributed by atoms with Gasteiger partial charge in [-0.2, -0.15) is 0 Å². The highest BCUT2D eigenvalue weighted by Crippen LogP contribution is 2.33. The van der Waals surface area contributed by atoms with Gasteiger partial charge in [0.1, 0.15) is 0 Å². The predicted octanol–water partition coefficient (Wildman–Crippen LogP) is 5.42. The van der Waals surface area contributed by atoms with Crippen LogP contribution >= 0.6 is 11.3 Å². The van der Waals surface area contributed by atoms with Crippen LogP contribution in [0.2, 0.25) is 0 Å². The van der Waals surface area contributed by atoms with Gasteiger partial charge in [-0.25, -0.2) is 13.4 Å². The average molecular weight is 478 g/mol. The fourth-order valence-electron chi connectivity index (χ4n) is 3.99. The number of sulfonamides is 1. The third kappa shape index (κ3) is 4.00. The molecule has 0 saturated heterocycles. The maximum absolute atomic E-state index is 13.2. The number of hydrogen-bond donors (Lipinski definition) is 1. The summed E-state index contributed by atoms with van der Waals surface area (Å²) in [6.45, 7) is 4.69. The number of para-hydroxylation sites is 1. The van der Waals surface area contributed by atoms with E-state index in [1.54, 1.807) is 0 Å². The summed E-state index contributed by atoms with van der Waals surface area (Å²) in [6.07, 6.45) is 0.691. The molecule has 1 aliphatic heterocycles. The van der Waals surface area contributed by atoms with Crippen LogP contribution < -0.4 is 9.62 Å². The molecule has 1 amide bonds. The molecule has 4 aromatic rings. The lowest BCUT2D eigenvalue weighted by atomic mass is 10.0. The molecule has 6 nitrogen and oxygen atoms in total. The maximum Gasteiger partial charge on any atom is 0.264 e. The van der Waals surface area contributed by atoms with Gasteiger partial charge in [0.2, 0.25) is 0 Å². The van der Waals surface area contributed by atoms with E-state index >= 15 is 0 Å². The summed E-state index contributed by atoms with van der Waals surface area (Å²) in [5.41, 5.74) is 4.18. The standard InChI is InChI=1S/C25H23N3O3S2/c1-16(2)19-9-12-21-23(15-19)32-25(26-21)27-24(29)18-7-10-20(11-8-18)33(30,31)28-14-13-17-5-3-4-6-22(17)28/h3-12,15-16H,13-14H2,1-2H3,(H,26,27,29). The highest BCUT2D eigenvalue weighted by atomic mass is 32.2. The van der Waals surface area contributed by atoms with Gasteiger partial charge in [0.25, 0.3) is 15.9 Å². The molecule has 0 bridgehead atoms. The van der Waals surface area contributed by atoms with Crippen LogP contribution in [0.3, 0.4) is 0 Å². The Morgan fingerprint density at radius 1 is 1.06 bits per heavy atom. The van der Waals surface area contributed by atoms with Crippen LogP contribution in [0.1, 0.15) is 41.3 Å². The van der Waals surface area contributed by atoms with E-state index in [4.69, 9.17) is 0 Å². The zero-order chi connectivity index (χ0) is 23.2. The molecule has 0 atom stereocenters. The van der Waals surface area contributed by atoms with Crippen LogP contribution in [-0.4, -0.2) is 25.9 Å². The molecule has 0 aliphatic carbocycles. The van der Waals surface area contributed by atoms with Gasteiger partial charge < -0.3 is 0 Å². The minimum Gasteiger partial charge on any atom is -0.298 e. The number of nitrogens with one attached hydrogen (secondary N) is 1. The molecular formula is C25H23N3O3S2. The first-order valence-electron chi connectivity index (χ1n) is 10.8. The van der Waals surface area contributed by atoms with E-state index in [0.29, 0.717) is 29.6 Å². The van der Waals surface area contributed by atoms with E-state index in [2.05, 4.69) is 36.3 Å². The lowest BCUT2D eigenvalue weighted by molar-refractivity contribution is 0.102. The van der Waals surface area contributed by atoms with Gasteiger partial charge in [-0.15, -0.1) is 0 Å². The first kappa shape index (κ1) is 21.6. The van der Waals surface area contributed by atoms with Crippen molar-refractivity contribution in [1.82, 2.24) is 4.98 Å². The van der Waals surface area contributed by atoms with Crippen LogP contribution in [-0.2, 0) is 16.4 Å². The third-order valence-corrected chi connectivity index (χ3v) is 8.61. The van der Waals surface area contributed by atoms with Crippen molar-refractivity contribution in [3.8, 4) is 0 Å². The summed E-state index contributed by atoms with van der Waals surface area (Å²) in [6, 6.07) is 19.7. The molecular weight excluding hydrogens is 454 g/mol. The molecule has 1 aliphatic rings. The third-order valence-electron chi connectivity index (χ3n) is 5.85. The molecule has 5 rings (SSSR count). The molecule has 0 unspecified atom stereocenters. The molecule has 3 aromatic carbocycles. The zero-order valence-electron chi connectivity index (χ0n) is 18.3. The first-order valence-corrected chi connectivity index (χ1v) is 13.0. The largest absolute Gasteiger partial charge is 0.298 e. The number of thiazole rings is 1. The second-order valence-electron chi connectivity index (χ2n) is 8.34. The smallest absolute Gasteiger partial charge is 0.264 e. The highest BCUT2D eigenvalue weighted by Gasteiger charge is 2.30. The second-order valence-corrected chi connectivity index (χ2v) is 11.2. The van der Waals surface area contributed by atoms with Gasteiger partial charge in [0.05, 0.1) is 20.8 Å². The van der Waals surface area contributed by atoms with Crippen molar-refractivity contribution >= 4 is 48.3 Å². The van der Waals surface area contributed by atoms with E-state index in [1.165, 1.54) is 45.5 Å². The Hall–Kier alpha value is -3.23. The Bertz CT molecular complexity index is 1460. The molecule has 2 heterocycles. The Labute approximate surface area is 197 Å². The number of amides is 1. The lowest BCUT2D eigenvalue weighted by Gasteiger charge is -2.19. The van der Waals surface area contributed by atoms with E-state index in [-0.39, 0.29) is 10.8 Å². The number of hydrogen-bond acceptors (Lipinski definition) is 5. The summed E-state index contributed by atoms with van der Waals surface area (Å²) in [7, 11) is -3.69. The van der Waals surface area contributed by atoms with Crippen molar-refractivity contribution < 1.29 is 13.2 Å². The Morgan fingerprint density at radius 2 is 1.82 bits per heavy atom. The molecule has 0 spiro atoms. The van der Waals surface area contributed by atoms with Crippen LogP contribution in [0.15, 0.2) is 71.6 Å². The Balaban J connectivity index is 1.34. The van der Waals surface area contributed by atoms with Crippen molar-refractivity contribution in [2.45, 2.75) is 31.1 Å². The van der Waals surface area contributed by atoms with Crippen molar-refractivity contribution in [1.29, 1.82) is 0 Å². The molecule has 1 aromatic heterocycles. The molecule has 0 radical (unpaired) electrons. The zero-order valence-corrected chi connectivity index (χ0v) is 19.9. The van der Waals surface area contributed by atoms with E-state index in [9.17, 15) is 13.2 Å². The highest BCUT2D eigenvalue weighted by molar-refractivity contribution is 7.92. The predicted molar refractivity (Wildman–Crippen MR) is 133 cm³/mol. The number of nitrogens with zero attached hydrogens (tertiary/aromatic N) is 2. The van der Waals surface area contributed by atoms with Gasteiger partial charge in [0.15, 0.2) is 5.13 Å². The minimum absolute atomic E-state index is 0.164. The summed E-state index contributed by atoms with van der Waals surface area (Å²) in [5.74, 6) is 0.0898. The number of benzene rings is 3. The number of carbonyl (C=O) groups is 1. The maximum atomic E-state index is 13.2. The van der Waals surface area contributed by atoms with Crippen molar-refractivity contribution in [2.75, 3.05) is 16.2 Å². The Morgan fingerprint density at radius 3 is 2.58 bits per heavy atom. The number of fused-ring (bicyclic) bond motifs is 2. The first-order chi connectivity index (χ1) is 15.8. The summed E-state index contributed by atoms with van der Waals surface area (Å²) < 4.78 is 28.8. The average Bonchev–Trinajstić information content (AvgIpc) is 3.42. The Kier molecular flexibility index (Phi) is 5.42. The van der Waals surface area contributed by atoms with Crippen LogP contribution in [0.25, 0.3) is 10.2 Å². The number of carbonyl (C=O) groups excluding carboxylic acids is 1. The van der Waals surface area contributed by atoms with Crippen molar-refractivity contribution in [3.63, 3.8) is 0 Å². The van der Waals surface area contributed by atoms with Gasteiger partial charge >= 0.3 is 0 Å². The SMILES string of the molecule is CC(C)c1ccc2nc(NC(=O)c3ccc(S(=O)(=O)N4CCc5ccccc54)cc3)sc2c1. The quantitative estimate of drug-likeness (QED) is 0.416. The van der Waals surface area contributed by atoms with E-state index < -0.39 is 10.0 Å². The second kappa shape index (κ2) is 8.28. The van der Waals surface area contributed by atoms with Crippen molar-refractivity contribution in [3.05, 3.63) is 83.4 Å².